The van der Waals surface area contributed by atoms with Crippen LogP contribution in [0.1, 0.15) is 17.4 Å². The van der Waals surface area contributed by atoms with Crippen molar-refractivity contribution in [2.24, 2.45) is 10.1 Å². The fraction of sp³-hybridized carbons (Fsp3) is 0.0588. The first-order valence-corrected chi connectivity index (χ1v) is 8.84. The van der Waals surface area contributed by atoms with Crippen LogP contribution in [0.5, 0.6) is 5.75 Å². The predicted molar refractivity (Wildman–Crippen MR) is 95.0 cm³/mol. The van der Waals surface area contributed by atoms with Crippen molar-refractivity contribution < 1.29 is 18.3 Å². The van der Waals surface area contributed by atoms with E-state index in [1.807, 2.05) is 0 Å². The van der Waals surface area contributed by atoms with Crippen LogP contribution in [0.2, 0.25) is 0 Å². The molecule has 0 atom stereocenters. The summed E-state index contributed by atoms with van der Waals surface area (Å²) >= 11 is 0. The highest BCUT2D eigenvalue weighted by molar-refractivity contribution is 7.89. The SMILES string of the molecule is CC(=O)n1c(C=Nc2cccc(S(N)(=O)=O)c2)c(O)c2ccccc21. The summed E-state index contributed by atoms with van der Waals surface area (Å²) in [5.74, 6) is -0.353. The molecular weight excluding hydrogens is 342 g/mol. The van der Waals surface area contributed by atoms with Crippen molar-refractivity contribution in [2.45, 2.75) is 11.8 Å². The molecule has 0 aliphatic carbocycles. The van der Waals surface area contributed by atoms with Crippen LogP contribution in [-0.2, 0) is 10.0 Å². The molecule has 3 aromatic rings. The first kappa shape index (κ1) is 16.9. The second kappa shape index (κ2) is 6.15. The fourth-order valence-corrected chi connectivity index (χ4v) is 3.13. The van der Waals surface area contributed by atoms with Crippen molar-refractivity contribution in [3.63, 3.8) is 0 Å². The number of hydrogen-bond acceptors (Lipinski definition) is 5. The van der Waals surface area contributed by atoms with Gasteiger partial charge in [0.15, 0.2) is 5.75 Å². The maximum Gasteiger partial charge on any atom is 0.238 e. The number of rotatable bonds is 3. The molecular formula is C17H15N3O4S. The molecule has 0 aliphatic heterocycles. The Morgan fingerprint density at radius 2 is 1.92 bits per heavy atom. The maximum atomic E-state index is 12.0. The van der Waals surface area contributed by atoms with E-state index in [1.165, 1.54) is 35.9 Å². The molecule has 1 heterocycles. The summed E-state index contributed by atoms with van der Waals surface area (Å²) in [4.78, 5) is 16.1. The number of aliphatic imine (C=N–C) groups is 1. The van der Waals surface area contributed by atoms with Crippen molar-refractivity contribution in [3.05, 3.63) is 54.2 Å². The van der Waals surface area contributed by atoms with E-state index in [0.29, 0.717) is 16.6 Å². The zero-order valence-corrected chi connectivity index (χ0v) is 14.1. The van der Waals surface area contributed by atoms with Crippen molar-refractivity contribution in [1.82, 2.24) is 4.57 Å². The van der Waals surface area contributed by atoms with Crippen LogP contribution in [0, 0.1) is 0 Å². The fourth-order valence-electron chi connectivity index (χ4n) is 2.58. The van der Waals surface area contributed by atoms with Crippen molar-refractivity contribution >= 4 is 38.7 Å². The lowest BCUT2D eigenvalue weighted by Gasteiger charge is -2.03. The lowest BCUT2D eigenvalue weighted by Crippen LogP contribution is -2.11. The third-order valence-corrected chi connectivity index (χ3v) is 4.59. The van der Waals surface area contributed by atoms with Crippen LogP contribution in [-0.4, -0.2) is 30.2 Å². The molecule has 3 N–H and O–H groups in total. The van der Waals surface area contributed by atoms with Gasteiger partial charge in [-0.2, -0.15) is 0 Å². The Bertz CT molecular complexity index is 1110. The van der Waals surface area contributed by atoms with E-state index >= 15 is 0 Å². The average Bonchev–Trinajstić information content (AvgIpc) is 2.85. The van der Waals surface area contributed by atoms with E-state index in [-0.39, 0.29) is 22.2 Å². The molecule has 0 unspecified atom stereocenters. The third kappa shape index (κ3) is 3.17. The number of nitrogens with zero attached hydrogens (tertiary/aromatic N) is 2. The first-order valence-electron chi connectivity index (χ1n) is 7.29. The van der Waals surface area contributed by atoms with Crippen molar-refractivity contribution in [2.75, 3.05) is 0 Å². The molecule has 3 rings (SSSR count). The van der Waals surface area contributed by atoms with E-state index in [1.54, 1.807) is 30.3 Å². The highest BCUT2D eigenvalue weighted by atomic mass is 32.2. The third-order valence-electron chi connectivity index (χ3n) is 3.68. The molecule has 0 saturated carbocycles. The Morgan fingerprint density at radius 3 is 2.60 bits per heavy atom. The summed E-state index contributed by atoms with van der Waals surface area (Å²) in [6.45, 7) is 1.38. The van der Waals surface area contributed by atoms with Gasteiger partial charge in [-0.15, -0.1) is 0 Å². The van der Waals surface area contributed by atoms with Crippen LogP contribution in [0.25, 0.3) is 10.9 Å². The number of hydrogen-bond donors (Lipinski definition) is 2. The Hall–Kier alpha value is -2.97. The van der Waals surface area contributed by atoms with Gasteiger partial charge in [-0.3, -0.25) is 14.4 Å². The van der Waals surface area contributed by atoms with Crippen LogP contribution >= 0.6 is 0 Å². The van der Waals surface area contributed by atoms with Crippen LogP contribution in [0.15, 0.2) is 58.4 Å². The molecule has 2 aromatic carbocycles. The molecule has 0 amide bonds. The average molecular weight is 357 g/mol. The molecule has 0 bridgehead atoms. The van der Waals surface area contributed by atoms with Gasteiger partial charge < -0.3 is 5.11 Å². The monoisotopic (exact) mass is 357 g/mol. The zero-order valence-electron chi connectivity index (χ0n) is 13.2. The summed E-state index contributed by atoms with van der Waals surface area (Å²) in [7, 11) is -3.84. The quantitative estimate of drug-likeness (QED) is 0.700. The van der Waals surface area contributed by atoms with Gasteiger partial charge in [-0.05, 0) is 30.3 Å². The number of fused-ring (bicyclic) bond motifs is 1. The summed E-state index contributed by atoms with van der Waals surface area (Å²) in [6, 6.07) is 12.7. The predicted octanol–water partition coefficient (Wildman–Crippen LogP) is 2.41. The topological polar surface area (TPSA) is 115 Å². The van der Waals surface area contributed by atoms with Gasteiger partial charge in [-0.1, -0.05) is 18.2 Å². The number of carbonyl (C=O) groups excluding carboxylic acids is 1. The van der Waals surface area contributed by atoms with E-state index in [4.69, 9.17) is 5.14 Å². The Kier molecular flexibility index (Phi) is 4.15. The molecule has 0 spiro atoms. The molecule has 0 fully saturated rings. The number of nitrogens with two attached hydrogens (primary N) is 1. The normalized spacial score (nSPS) is 12.1. The van der Waals surface area contributed by atoms with Gasteiger partial charge in [0.1, 0.15) is 5.69 Å². The Labute approximate surface area is 144 Å². The van der Waals surface area contributed by atoms with E-state index in [9.17, 15) is 18.3 Å². The number of aromatic hydroxyl groups is 1. The minimum absolute atomic E-state index is 0.0708. The van der Waals surface area contributed by atoms with Gasteiger partial charge in [0.05, 0.1) is 22.3 Å². The van der Waals surface area contributed by atoms with E-state index in [2.05, 4.69) is 4.99 Å². The highest BCUT2D eigenvalue weighted by Crippen LogP contribution is 2.31. The second-order valence-electron chi connectivity index (χ2n) is 5.41. The maximum absolute atomic E-state index is 12.0. The number of carbonyl (C=O) groups is 1. The molecule has 1 aromatic heterocycles. The molecule has 0 radical (unpaired) electrons. The molecule has 25 heavy (non-hydrogen) atoms. The first-order chi connectivity index (χ1) is 11.8. The second-order valence-corrected chi connectivity index (χ2v) is 6.97. The Balaban J connectivity index is 2.13. The lowest BCUT2D eigenvalue weighted by atomic mass is 10.2. The van der Waals surface area contributed by atoms with Crippen LogP contribution < -0.4 is 5.14 Å². The minimum atomic E-state index is -3.84. The Morgan fingerprint density at radius 1 is 1.20 bits per heavy atom. The van der Waals surface area contributed by atoms with Gasteiger partial charge in [0.25, 0.3) is 0 Å². The molecule has 8 heteroatoms. The van der Waals surface area contributed by atoms with Crippen LogP contribution in [0.4, 0.5) is 5.69 Å². The number of sulfonamides is 1. The molecule has 7 nitrogen and oxygen atoms in total. The van der Waals surface area contributed by atoms with Crippen molar-refractivity contribution in [3.8, 4) is 5.75 Å². The number of primary sulfonamides is 1. The zero-order chi connectivity index (χ0) is 18.2. The van der Waals surface area contributed by atoms with Crippen LogP contribution in [0.3, 0.4) is 0 Å². The smallest absolute Gasteiger partial charge is 0.238 e. The highest BCUT2D eigenvalue weighted by Gasteiger charge is 2.17. The minimum Gasteiger partial charge on any atom is -0.505 e. The summed E-state index contributed by atoms with van der Waals surface area (Å²) in [5, 5.41) is 16.0. The van der Waals surface area contributed by atoms with E-state index < -0.39 is 10.0 Å². The summed E-state index contributed by atoms with van der Waals surface area (Å²) in [5.41, 5.74) is 1.10. The number of benzene rings is 2. The largest absolute Gasteiger partial charge is 0.505 e. The molecule has 0 aliphatic rings. The lowest BCUT2D eigenvalue weighted by molar-refractivity contribution is 0.0940. The summed E-state index contributed by atoms with van der Waals surface area (Å²) in [6.07, 6.45) is 1.32. The molecule has 128 valence electrons. The van der Waals surface area contributed by atoms with E-state index in [0.717, 1.165) is 0 Å². The standard InChI is InChI=1S/C17H15N3O4S/c1-11(21)20-15-8-3-2-7-14(15)17(22)16(20)10-19-12-5-4-6-13(9-12)25(18,23)24/h2-10,22H,1H3,(H2,18,23,24). The van der Waals surface area contributed by atoms with Crippen molar-refractivity contribution in [1.29, 1.82) is 0 Å². The molecule has 0 saturated heterocycles. The van der Waals surface area contributed by atoms with Gasteiger partial charge >= 0.3 is 0 Å². The van der Waals surface area contributed by atoms with Gasteiger partial charge in [0, 0.05) is 12.3 Å². The van der Waals surface area contributed by atoms with Gasteiger partial charge in [-0.25, -0.2) is 13.6 Å². The number of aromatic nitrogens is 1. The van der Waals surface area contributed by atoms with Gasteiger partial charge in [0.2, 0.25) is 15.9 Å². The summed E-state index contributed by atoms with van der Waals surface area (Å²) < 4.78 is 24.2. The number of para-hydroxylation sites is 1.